The van der Waals surface area contributed by atoms with Crippen LogP contribution in [-0.4, -0.2) is 31.7 Å². The van der Waals surface area contributed by atoms with Crippen LogP contribution in [-0.2, 0) is 14.8 Å². The van der Waals surface area contributed by atoms with Crippen LogP contribution in [0.3, 0.4) is 0 Å². The lowest BCUT2D eigenvalue weighted by Gasteiger charge is -2.35. The summed E-state index contributed by atoms with van der Waals surface area (Å²) < 4.78 is 28.0. The van der Waals surface area contributed by atoms with Crippen molar-refractivity contribution in [3.8, 4) is 0 Å². The third kappa shape index (κ3) is 3.63. The number of carbonyl (C=O) groups excluding carboxylic acids is 1. The number of piperazine rings is 1. The molecule has 0 aliphatic carbocycles. The van der Waals surface area contributed by atoms with Gasteiger partial charge in [0, 0.05) is 6.54 Å². The van der Waals surface area contributed by atoms with Crippen LogP contribution in [0.2, 0.25) is 5.02 Å². The lowest BCUT2D eigenvalue weighted by molar-refractivity contribution is -0.123. The minimum atomic E-state index is -3.94. The van der Waals surface area contributed by atoms with Crippen molar-refractivity contribution in [1.82, 2.24) is 9.62 Å². The minimum absolute atomic E-state index is 0.0426. The number of benzene rings is 2. The van der Waals surface area contributed by atoms with E-state index in [1.165, 1.54) is 4.31 Å². The van der Waals surface area contributed by atoms with Gasteiger partial charge in [0.2, 0.25) is 15.9 Å². The van der Waals surface area contributed by atoms with Crippen LogP contribution < -0.4 is 5.32 Å². The molecule has 2 aromatic carbocycles. The van der Waals surface area contributed by atoms with E-state index in [1.54, 1.807) is 12.1 Å². The van der Waals surface area contributed by atoms with Crippen molar-refractivity contribution < 1.29 is 13.2 Å². The Morgan fingerprint density at radius 3 is 2.50 bits per heavy atom. The largest absolute Gasteiger partial charge is 0.353 e. The maximum absolute atomic E-state index is 13.4. The van der Waals surface area contributed by atoms with Crippen LogP contribution in [0.25, 0.3) is 0 Å². The molecule has 0 radical (unpaired) electrons. The highest BCUT2D eigenvalue weighted by Crippen LogP contribution is 2.33. The van der Waals surface area contributed by atoms with Gasteiger partial charge < -0.3 is 5.32 Å². The van der Waals surface area contributed by atoms with Crippen LogP contribution in [0, 0.1) is 0 Å². The van der Waals surface area contributed by atoms with Gasteiger partial charge in [-0.15, -0.1) is 0 Å². The monoisotopic (exact) mass is 392 g/mol. The van der Waals surface area contributed by atoms with Crippen molar-refractivity contribution in [1.29, 1.82) is 0 Å². The van der Waals surface area contributed by atoms with Crippen LogP contribution in [0.1, 0.15) is 36.9 Å². The first-order valence-electron chi connectivity index (χ1n) is 8.43. The Balaban J connectivity index is 2.08. The summed E-state index contributed by atoms with van der Waals surface area (Å²) in [5.41, 5.74) is 1.71. The molecule has 1 aliphatic rings. The highest BCUT2D eigenvalue weighted by atomic mass is 35.5. The zero-order chi connectivity index (χ0) is 18.9. The predicted molar refractivity (Wildman–Crippen MR) is 102 cm³/mol. The van der Waals surface area contributed by atoms with Crippen molar-refractivity contribution in [3.05, 3.63) is 64.7 Å². The van der Waals surface area contributed by atoms with E-state index in [0.717, 1.165) is 11.1 Å². The molecule has 26 heavy (non-hydrogen) atoms. The molecular weight excluding hydrogens is 372 g/mol. The van der Waals surface area contributed by atoms with Crippen LogP contribution in [0.5, 0.6) is 0 Å². The fourth-order valence-electron chi connectivity index (χ4n) is 3.03. The van der Waals surface area contributed by atoms with Gasteiger partial charge in [0.15, 0.2) is 0 Å². The van der Waals surface area contributed by atoms with Gasteiger partial charge in [0.05, 0.1) is 17.6 Å². The fourth-order valence-corrected chi connectivity index (χ4v) is 5.12. The molecule has 1 unspecified atom stereocenters. The molecule has 1 N–H and O–H groups in total. The summed E-state index contributed by atoms with van der Waals surface area (Å²) in [6.07, 6.45) is 0. The first kappa shape index (κ1) is 18.9. The zero-order valence-electron chi connectivity index (χ0n) is 14.6. The average Bonchev–Trinajstić information content (AvgIpc) is 2.62. The maximum Gasteiger partial charge on any atom is 0.245 e. The Bertz CT molecular complexity index is 914. The molecule has 1 saturated heterocycles. The quantitative estimate of drug-likeness (QED) is 0.867. The third-order valence-electron chi connectivity index (χ3n) is 4.53. The zero-order valence-corrected chi connectivity index (χ0v) is 16.2. The van der Waals surface area contributed by atoms with Crippen LogP contribution in [0.15, 0.2) is 53.4 Å². The SMILES string of the molecule is CC(C)c1ccc(Cl)c(S(=O)(=O)N2CC(=O)NCC2c2ccccc2)c1. The molecule has 2 aromatic rings. The first-order chi connectivity index (χ1) is 12.3. The third-order valence-corrected chi connectivity index (χ3v) is 6.87. The van der Waals surface area contributed by atoms with Crippen molar-refractivity contribution in [2.45, 2.75) is 30.7 Å². The summed E-state index contributed by atoms with van der Waals surface area (Å²) in [6, 6.07) is 13.8. The van der Waals surface area contributed by atoms with Gasteiger partial charge in [-0.1, -0.05) is 61.8 Å². The Morgan fingerprint density at radius 2 is 1.85 bits per heavy atom. The van der Waals surface area contributed by atoms with E-state index < -0.39 is 16.1 Å². The molecule has 5 nitrogen and oxygen atoms in total. The Morgan fingerprint density at radius 1 is 1.15 bits per heavy atom. The van der Waals surface area contributed by atoms with Crippen molar-refractivity contribution in [2.24, 2.45) is 0 Å². The second kappa shape index (κ2) is 7.39. The van der Waals surface area contributed by atoms with Crippen molar-refractivity contribution >= 4 is 27.5 Å². The number of hydrogen-bond acceptors (Lipinski definition) is 3. The van der Waals surface area contributed by atoms with Gasteiger partial charge in [-0.05, 0) is 29.2 Å². The Labute approximate surface area is 159 Å². The smallest absolute Gasteiger partial charge is 0.245 e. The minimum Gasteiger partial charge on any atom is -0.353 e. The van der Waals surface area contributed by atoms with E-state index in [0.29, 0.717) is 0 Å². The molecule has 1 amide bonds. The van der Waals surface area contributed by atoms with E-state index in [-0.39, 0.29) is 34.8 Å². The Kier molecular flexibility index (Phi) is 5.37. The molecule has 0 spiro atoms. The molecule has 3 rings (SSSR count). The summed E-state index contributed by atoms with van der Waals surface area (Å²) in [7, 11) is -3.94. The summed E-state index contributed by atoms with van der Waals surface area (Å²) in [5.74, 6) is -0.160. The number of carbonyl (C=O) groups is 1. The topological polar surface area (TPSA) is 66.5 Å². The molecule has 1 atom stereocenters. The number of amides is 1. The second-order valence-corrected chi connectivity index (χ2v) is 8.89. The molecule has 138 valence electrons. The number of rotatable bonds is 4. The number of nitrogens with one attached hydrogen (secondary N) is 1. The van der Waals surface area contributed by atoms with Crippen LogP contribution >= 0.6 is 11.6 Å². The first-order valence-corrected chi connectivity index (χ1v) is 10.3. The molecule has 1 fully saturated rings. The van der Waals surface area contributed by atoms with Gasteiger partial charge in [-0.3, -0.25) is 4.79 Å². The second-order valence-electron chi connectivity index (χ2n) is 6.63. The highest BCUT2D eigenvalue weighted by Gasteiger charge is 2.38. The number of halogens is 1. The lowest BCUT2D eigenvalue weighted by atomic mass is 10.0. The van der Waals surface area contributed by atoms with E-state index in [2.05, 4.69) is 5.32 Å². The van der Waals surface area contributed by atoms with Crippen molar-refractivity contribution in [2.75, 3.05) is 13.1 Å². The molecule has 1 heterocycles. The van der Waals surface area contributed by atoms with E-state index in [9.17, 15) is 13.2 Å². The van der Waals surface area contributed by atoms with Crippen LogP contribution in [0.4, 0.5) is 0 Å². The standard InChI is InChI=1S/C19H21ClN2O3S/c1-13(2)15-8-9-16(20)18(10-15)26(24,25)22-12-19(23)21-11-17(22)14-6-4-3-5-7-14/h3-10,13,17H,11-12H2,1-2H3,(H,21,23). The van der Waals surface area contributed by atoms with E-state index >= 15 is 0 Å². The Hall–Kier alpha value is -1.89. The van der Waals surface area contributed by atoms with Gasteiger partial charge >= 0.3 is 0 Å². The molecule has 7 heteroatoms. The fraction of sp³-hybridized carbons (Fsp3) is 0.316. The molecule has 1 aliphatic heterocycles. The predicted octanol–water partition coefficient (Wildman–Crippen LogP) is 3.33. The summed E-state index contributed by atoms with van der Waals surface area (Å²) in [4.78, 5) is 12.0. The lowest BCUT2D eigenvalue weighted by Crippen LogP contribution is -2.51. The van der Waals surface area contributed by atoms with Gasteiger partial charge in [-0.2, -0.15) is 4.31 Å². The maximum atomic E-state index is 13.4. The molecule has 0 bridgehead atoms. The van der Waals surface area contributed by atoms with Gasteiger partial charge in [0.1, 0.15) is 4.90 Å². The van der Waals surface area contributed by atoms with Crippen molar-refractivity contribution in [3.63, 3.8) is 0 Å². The van der Waals surface area contributed by atoms with E-state index in [1.807, 2.05) is 50.2 Å². The molecular formula is C19H21ClN2O3S. The summed E-state index contributed by atoms with van der Waals surface area (Å²) in [5, 5.41) is 2.91. The highest BCUT2D eigenvalue weighted by molar-refractivity contribution is 7.89. The molecule has 0 saturated carbocycles. The summed E-state index contributed by atoms with van der Waals surface area (Å²) >= 11 is 6.23. The normalized spacial score (nSPS) is 18.8. The number of hydrogen-bond donors (Lipinski definition) is 1. The molecule has 0 aromatic heterocycles. The van der Waals surface area contributed by atoms with E-state index in [4.69, 9.17) is 11.6 Å². The van der Waals surface area contributed by atoms with Gasteiger partial charge in [-0.25, -0.2) is 8.42 Å². The number of sulfonamides is 1. The average molecular weight is 393 g/mol. The number of nitrogens with zero attached hydrogens (tertiary/aromatic N) is 1. The van der Waals surface area contributed by atoms with Gasteiger partial charge in [0.25, 0.3) is 0 Å². The summed E-state index contributed by atoms with van der Waals surface area (Å²) in [6.45, 7) is 3.97.